The van der Waals surface area contributed by atoms with Gasteiger partial charge in [-0.25, -0.2) is 9.78 Å². The van der Waals surface area contributed by atoms with Crippen molar-refractivity contribution in [1.29, 1.82) is 0 Å². The quantitative estimate of drug-likeness (QED) is 0.565. The van der Waals surface area contributed by atoms with Gasteiger partial charge in [0.15, 0.2) is 0 Å². The van der Waals surface area contributed by atoms with Gasteiger partial charge in [-0.3, -0.25) is 4.79 Å². The van der Waals surface area contributed by atoms with Crippen LogP contribution in [0.1, 0.15) is 35.8 Å². The number of aryl methyl sites for hydroxylation is 1. The number of pyridine rings is 1. The van der Waals surface area contributed by atoms with Crippen LogP contribution in [0, 0.1) is 0 Å². The third-order valence-corrected chi connectivity index (χ3v) is 3.11. The van der Waals surface area contributed by atoms with Crippen molar-refractivity contribution < 1.29 is 19.4 Å². The van der Waals surface area contributed by atoms with Gasteiger partial charge in [-0.15, -0.1) is 0 Å². The second-order valence-corrected chi connectivity index (χ2v) is 4.91. The zero-order valence-electron chi connectivity index (χ0n) is 12.1. The number of methoxy groups -OCH3 is 1. The molecule has 0 aliphatic carbocycles. The van der Waals surface area contributed by atoms with Gasteiger partial charge in [0.2, 0.25) is 0 Å². The average Bonchev–Trinajstić information content (AvgIpc) is 2.45. The molecule has 0 aliphatic heterocycles. The molecule has 116 valence electrons. The number of rotatable bonds is 8. The summed E-state index contributed by atoms with van der Waals surface area (Å²) in [6.07, 6.45) is 1.48. The number of aromatic nitrogens is 1. The van der Waals surface area contributed by atoms with Crippen LogP contribution >= 0.6 is 11.6 Å². The van der Waals surface area contributed by atoms with E-state index in [0.29, 0.717) is 37.1 Å². The standard InChI is InChI=1S/C14H19ClN2O4/c1-3-10-7-9(8-12(15)16-10)13(18)17-11(14(19)20)5-4-6-21-2/h7-8,11H,3-6H2,1-2H3,(H,17,18)(H,19,20). The van der Waals surface area contributed by atoms with E-state index in [-0.39, 0.29) is 5.15 Å². The summed E-state index contributed by atoms with van der Waals surface area (Å²) < 4.78 is 4.88. The number of carbonyl (C=O) groups excluding carboxylic acids is 1. The summed E-state index contributed by atoms with van der Waals surface area (Å²) in [4.78, 5) is 27.3. The van der Waals surface area contributed by atoms with E-state index in [1.807, 2.05) is 6.92 Å². The summed E-state index contributed by atoms with van der Waals surface area (Å²) in [6, 6.07) is 2.07. The lowest BCUT2D eigenvalue weighted by molar-refractivity contribution is -0.139. The van der Waals surface area contributed by atoms with Crippen molar-refractivity contribution in [2.45, 2.75) is 32.2 Å². The lowest BCUT2D eigenvalue weighted by Crippen LogP contribution is -2.41. The molecule has 0 saturated heterocycles. The highest BCUT2D eigenvalue weighted by atomic mass is 35.5. The number of ether oxygens (including phenoxy) is 1. The van der Waals surface area contributed by atoms with Gasteiger partial charge in [0.1, 0.15) is 11.2 Å². The maximum absolute atomic E-state index is 12.1. The Morgan fingerprint density at radius 2 is 2.19 bits per heavy atom. The van der Waals surface area contributed by atoms with Crippen molar-refractivity contribution in [1.82, 2.24) is 10.3 Å². The Hall–Kier alpha value is -1.66. The first-order chi connectivity index (χ1) is 9.97. The molecular weight excluding hydrogens is 296 g/mol. The maximum Gasteiger partial charge on any atom is 0.326 e. The number of hydrogen-bond donors (Lipinski definition) is 2. The van der Waals surface area contributed by atoms with Crippen LogP contribution in [-0.4, -0.2) is 41.7 Å². The third kappa shape index (κ3) is 5.69. The van der Waals surface area contributed by atoms with Crippen molar-refractivity contribution in [3.63, 3.8) is 0 Å². The minimum Gasteiger partial charge on any atom is -0.480 e. The second kappa shape index (κ2) is 8.59. The molecule has 1 atom stereocenters. The zero-order valence-corrected chi connectivity index (χ0v) is 12.8. The first kappa shape index (κ1) is 17.4. The normalized spacial score (nSPS) is 12.0. The monoisotopic (exact) mass is 314 g/mol. The van der Waals surface area contributed by atoms with E-state index < -0.39 is 17.9 Å². The number of hydrogen-bond acceptors (Lipinski definition) is 4. The Morgan fingerprint density at radius 3 is 2.76 bits per heavy atom. The Morgan fingerprint density at radius 1 is 1.48 bits per heavy atom. The molecule has 0 bridgehead atoms. The Balaban J connectivity index is 2.77. The van der Waals surface area contributed by atoms with Gasteiger partial charge in [0.05, 0.1) is 0 Å². The van der Waals surface area contributed by atoms with Crippen molar-refractivity contribution in [2.75, 3.05) is 13.7 Å². The highest BCUT2D eigenvalue weighted by Crippen LogP contribution is 2.12. The fourth-order valence-electron chi connectivity index (χ4n) is 1.79. The molecule has 2 N–H and O–H groups in total. The summed E-state index contributed by atoms with van der Waals surface area (Å²) in [7, 11) is 1.54. The van der Waals surface area contributed by atoms with Crippen LogP contribution in [0.4, 0.5) is 0 Å². The molecule has 1 aromatic heterocycles. The van der Waals surface area contributed by atoms with E-state index in [0.717, 1.165) is 0 Å². The molecule has 6 nitrogen and oxygen atoms in total. The third-order valence-electron chi connectivity index (χ3n) is 2.92. The zero-order chi connectivity index (χ0) is 15.8. The molecule has 1 heterocycles. The van der Waals surface area contributed by atoms with Crippen LogP contribution in [0.3, 0.4) is 0 Å². The van der Waals surface area contributed by atoms with Crippen LogP contribution in [0.5, 0.6) is 0 Å². The highest BCUT2D eigenvalue weighted by molar-refractivity contribution is 6.29. The number of carboxylic acid groups (broad SMARTS) is 1. The van der Waals surface area contributed by atoms with Crippen molar-refractivity contribution in [3.8, 4) is 0 Å². The molecule has 0 aromatic carbocycles. The summed E-state index contributed by atoms with van der Waals surface area (Å²) in [5.74, 6) is -1.55. The molecule has 1 aromatic rings. The largest absolute Gasteiger partial charge is 0.480 e. The molecular formula is C14H19ClN2O4. The van der Waals surface area contributed by atoms with E-state index in [1.54, 1.807) is 13.2 Å². The summed E-state index contributed by atoms with van der Waals surface area (Å²) in [6.45, 7) is 2.34. The summed E-state index contributed by atoms with van der Waals surface area (Å²) in [5, 5.41) is 11.8. The Kier molecular flexibility index (Phi) is 7.11. The van der Waals surface area contributed by atoms with E-state index in [1.165, 1.54) is 6.07 Å². The van der Waals surface area contributed by atoms with Crippen LogP contribution in [0.25, 0.3) is 0 Å². The van der Waals surface area contributed by atoms with E-state index >= 15 is 0 Å². The van der Waals surface area contributed by atoms with Gasteiger partial charge >= 0.3 is 5.97 Å². The topological polar surface area (TPSA) is 88.5 Å². The maximum atomic E-state index is 12.1. The van der Waals surface area contributed by atoms with Gasteiger partial charge in [-0.1, -0.05) is 18.5 Å². The molecule has 7 heteroatoms. The predicted molar refractivity (Wildman–Crippen MR) is 78.6 cm³/mol. The number of nitrogens with one attached hydrogen (secondary N) is 1. The smallest absolute Gasteiger partial charge is 0.326 e. The molecule has 0 saturated carbocycles. The second-order valence-electron chi connectivity index (χ2n) is 4.52. The summed E-state index contributed by atoms with van der Waals surface area (Å²) >= 11 is 5.85. The van der Waals surface area contributed by atoms with Gasteiger partial charge in [0, 0.05) is 25.0 Å². The fraction of sp³-hybridized carbons (Fsp3) is 0.500. The lowest BCUT2D eigenvalue weighted by atomic mass is 10.1. The minimum atomic E-state index is -1.07. The van der Waals surface area contributed by atoms with E-state index in [4.69, 9.17) is 21.4 Å². The molecule has 0 spiro atoms. The van der Waals surface area contributed by atoms with Crippen molar-refractivity contribution in [3.05, 3.63) is 28.5 Å². The van der Waals surface area contributed by atoms with Crippen molar-refractivity contribution >= 4 is 23.5 Å². The molecule has 0 aliphatic rings. The molecule has 1 amide bonds. The van der Waals surface area contributed by atoms with Crippen LogP contribution in [-0.2, 0) is 16.0 Å². The average molecular weight is 315 g/mol. The van der Waals surface area contributed by atoms with Gasteiger partial charge < -0.3 is 15.2 Å². The minimum absolute atomic E-state index is 0.214. The Labute approximate surface area is 128 Å². The van der Waals surface area contributed by atoms with E-state index in [2.05, 4.69) is 10.3 Å². The number of aliphatic carboxylic acids is 1. The summed E-state index contributed by atoms with van der Waals surface area (Å²) in [5.41, 5.74) is 0.990. The van der Waals surface area contributed by atoms with Crippen LogP contribution in [0.2, 0.25) is 5.15 Å². The van der Waals surface area contributed by atoms with Crippen LogP contribution in [0.15, 0.2) is 12.1 Å². The Bertz CT molecular complexity index is 508. The first-order valence-electron chi connectivity index (χ1n) is 6.67. The SMILES string of the molecule is CCc1cc(C(=O)NC(CCCOC)C(=O)O)cc(Cl)n1. The predicted octanol–water partition coefficient (Wildman–Crippen LogP) is 1.91. The van der Waals surface area contributed by atoms with Crippen molar-refractivity contribution in [2.24, 2.45) is 0 Å². The van der Waals surface area contributed by atoms with Crippen LogP contribution < -0.4 is 5.32 Å². The number of carboxylic acids is 1. The van der Waals surface area contributed by atoms with Gasteiger partial charge in [0.25, 0.3) is 5.91 Å². The van der Waals surface area contributed by atoms with E-state index in [9.17, 15) is 9.59 Å². The number of amides is 1. The fourth-order valence-corrected chi connectivity index (χ4v) is 2.02. The molecule has 0 radical (unpaired) electrons. The first-order valence-corrected chi connectivity index (χ1v) is 7.04. The molecule has 1 rings (SSSR count). The van der Waals surface area contributed by atoms with Gasteiger partial charge in [-0.05, 0) is 31.4 Å². The molecule has 0 fully saturated rings. The number of halogens is 1. The van der Waals surface area contributed by atoms with Gasteiger partial charge in [-0.2, -0.15) is 0 Å². The highest BCUT2D eigenvalue weighted by Gasteiger charge is 2.20. The number of carbonyl (C=O) groups is 2. The molecule has 1 unspecified atom stereocenters. The molecule has 21 heavy (non-hydrogen) atoms. The lowest BCUT2D eigenvalue weighted by Gasteiger charge is -2.14. The number of nitrogens with zero attached hydrogens (tertiary/aromatic N) is 1.